The van der Waals surface area contributed by atoms with Crippen molar-refractivity contribution in [3.63, 3.8) is 0 Å². The van der Waals surface area contributed by atoms with Crippen LogP contribution in [0.1, 0.15) is 34.1 Å². The second kappa shape index (κ2) is 7.54. The van der Waals surface area contributed by atoms with E-state index in [0.717, 1.165) is 17.5 Å². The third kappa shape index (κ3) is 3.53. The summed E-state index contributed by atoms with van der Waals surface area (Å²) in [6.07, 6.45) is 2.75. The molecule has 0 radical (unpaired) electrons. The molecule has 0 bridgehead atoms. The molecule has 1 amide bonds. The highest BCUT2D eigenvalue weighted by atomic mass is 16.1. The number of rotatable bonds is 5. The van der Waals surface area contributed by atoms with Crippen LogP contribution in [0.15, 0.2) is 47.4 Å². The Morgan fingerprint density at radius 3 is 2.79 bits per heavy atom. The van der Waals surface area contributed by atoms with Gasteiger partial charge in [-0.05, 0) is 63.1 Å². The van der Waals surface area contributed by atoms with Gasteiger partial charge >= 0.3 is 0 Å². The van der Waals surface area contributed by atoms with Gasteiger partial charge in [-0.15, -0.1) is 0 Å². The lowest BCUT2D eigenvalue weighted by Gasteiger charge is -2.10. The van der Waals surface area contributed by atoms with Gasteiger partial charge < -0.3 is 14.9 Å². The molecule has 0 spiro atoms. The molecule has 0 saturated carbocycles. The third-order valence-corrected chi connectivity index (χ3v) is 5.29. The van der Waals surface area contributed by atoms with E-state index in [1.165, 1.54) is 16.5 Å². The van der Waals surface area contributed by atoms with Gasteiger partial charge in [0.25, 0.3) is 11.5 Å². The van der Waals surface area contributed by atoms with Crippen LogP contribution in [0.2, 0.25) is 0 Å². The van der Waals surface area contributed by atoms with E-state index >= 15 is 0 Å². The predicted molar refractivity (Wildman–Crippen MR) is 115 cm³/mol. The number of nitrogens with zero attached hydrogens (tertiary/aromatic N) is 2. The van der Waals surface area contributed by atoms with Crippen LogP contribution in [-0.2, 0) is 13.0 Å². The molecule has 0 fully saturated rings. The molecule has 148 valence electrons. The minimum absolute atomic E-state index is 0.0915. The lowest BCUT2D eigenvalue weighted by molar-refractivity contribution is 0.0954. The first-order valence-corrected chi connectivity index (χ1v) is 9.84. The normalized spacial score (nSPS) is 11.3. The van der Waals surface area contributed by atoms with E-state index in [0.29, 0.717) is 29.9 Å². The van der Waals surface area contributed by atoms with Crippen LogP contribution in [0.4, 0.5) is 0 Å². The quantitative estimate of drug-likeness (QED) is 0.549. The minimum atomic E-state index is -0.142. The zero-order valence-corrected chi connectivity index (χ0v) is 16.9. The summed E-state index contributed by atoms with van der Waals surface area (Å²) < 4.78 is 1.68. The van der Waals surface area contributed by atoms with Gasteiger partial charge in [0, 0.05) is 35.8 Å². The zero-order valence-electron chi connectivity index (χ0n) is 16.9. The van der Waals surface area contributed by atoms with E-state index < -0.39 is 0 Å². The van der Waals surface area contributed by atoms with Crippen LogP contribution in [-0.4, -0.2) is 27.0 Å². The lowest BCUT2D eigenvalue weighted by Crippen LogP contribution is -2.26. The molecule has 4 aromatic rings. The van der Waals surface area contributed by atoms with Crippen LogP contribution >= 0.6 is 0 Å². The highest BCUT2D eigenvalue weighted by Crippen LogP contribution is 2.20. The second-order valence-corrected chi connectivity index (χ2v) is 7.32. The maximum Gasteiger partial charge on any atom is 0.272 e. The van der Waals surface area contributed by atoms with Crippen molar-refractivity contribution in [3.05, 3.63) is 75.3 Å². The standard InChI is InChI=1S/C23H24N4O2/c1-4-27-21-8-6-16(12-20(21)26-15(3)23(27)29)22(28)24-10-9-17-13-25-19-7-5-14(2)11-18(17)19/h5-8,11-13,25H,4,9-10H2,1-3H3,(H,24,28). The van der Waals surface area contributed by atoms with Crippen LogP contribution in [0, 0.1) is 13.8 Å². The predicted octanol–water partition coefficient (Wildman–Crippen LogP) is 3.49. The highest BCUT2D eigenvalue weighted by molar-refractivity contribution is 5.97. The van der Waals surface area contributed by atoms with Gasteiger partial charge in [-0.2, -0.15) is 0 Å². The summed E-state index contributed by atoms with van der Waals surface area (Å²) in [6, 6.07) is 11.6. The van der Waals surface area contributed by atoms with E-state index in [-0.39, 0.29) is 11.5 Å². The van der Waals surface area contributed by atoms with Crippen molar-refractivity contribution in [2.45, 2.75) is 33.7 Å². The Labute approximate surface area is 168 Å². The van der Waals surface area contributed by atoms with E-state index in [4.69, 9.17) is 0 Å². The van der Waals surface area contributed by atoms with E-state index in [1.54, 1.807) is 29.7 Å². The van der Waals surface area contributed by atoms with Gasteiger partial charge in [0.15, 0.2) is 0 Å². The number of carbonyl (C=O) groups excluding carboxylic acids is 1. The summed E-state index contributed by atoms with van der Waals surface area (Å²) in [5.74, 6) is -0.142. The Balaban J connectivity index is 1.51. The summed E-state index contributed by atoms with van der Waals surface area (Å²) in [4.78, 5) is 32.5. The van der Waals surface area contributed by atoms with Gasteiger partial charge in [0.2, 0.25) is 0 Å². The Morgan fingerprint density at radius 2 is 2.00 bits per heavy atom. The van der Waals surface area contributed by atoms with Crippen molar-refractivity contribution < 1.29 is 4.79 Å². The number of hydrogen-bond donors (Lipinski definition) is 2. The maximum absolute atomic E-state index is 12.6. The van der Waals surface area contributed by atoms with Crippen molar-refractivity contribution in [2.24, 2.45) is 0 Å². The molecule has 2 aromatic carbocycles. The molecule has 0 aliphatic rings. The number of carbonyl (C=O) groups is 1. The molecule has 29 heavy (non-hydrogen) atoms. The average Bonchev–Trinajstić information content (AvgIpc) is 3.10. The van der Waals surface area contributed by atoms with Crippen molar-refractivity contribution in [1.82, 2.24) is 19.9 Å². The second-order valence-electron chi connectivity index (χ2n) is 7.32. The Bertz CT molecular complexity index is 1280. The van der Waals surface area contributed by atoms with Gasteiger partial charge in [0.1, 0.15) is 5.69 Å². The highest BCUT2D eigenvalue weighted by Gasteiger charge is 2.11. The monoisotopic (exact) mass is 388 g/mol. The van der Waals surface area contributed by atoms with Gasteiger partial charge in [-0.1, -0.05) is 11.6 Å². The first kappa shape index (κ1) is 18.9. The topological polar surface area (TPSA) is 79.8 Å². The number of aryl methyl sites for hydroxylation is 3. The van der Waals surface area contributed by atoms with Crippen molar-refractivity contribution in [3.8, 4) is 0 Å². The number of aromatic amines is 1. The fourth-order valence-electron chi connectivity index (χ4n) is 3.74. The molecule has 0 aliphatic heterocycles. The molecule has 2 N–H and O–H groups in total. The smallest absolute Gasteiger partial charge is 0.272 e. The Kier molecular flexibility index (Phi) is 4.92. The summed E-state index contributed by atoms with van der Waals surface area (Å²) in [5.41, 5.74) is 5.80. The fourth-order valence-corrected chi connectivity index (χ4v) is 3.74. The third-order valence-electron chi connectivity index (χ3n) is 5.29. The molecule has 0 atom stereocenters. The van der Waals surface area contributed by atoms with Crippen molar-refractivity contribution in [1.29, 1.82) is 0 Å². The van der Waals surface area contributed by atoms with Gasteiger partial charge in [-0.25, -0.2) is 4.98 Å². The maximum atomic E-state index is 12.6. The van der Waals surface area contributed by atoms with Crippen LogP contribution in [0.5, 0.6) is 0 Å². The molecule has 6 nitrogen and oxygen atoms in total. The Hall–Kier alpha value is -3.41. The zero-order chi connectivity index (χ0) is 20.5. The number of fused-ring (bicyclic) bond motifs is 2. The van der Waals surface area contributed by atoms with E-state index in [2.05, 4.69) is 40.4 Å². The summed E-state index contributed by atoms with van der Waals surface area (Å²) in [5, 5.41) is 4.18. The number of amides is 1. The van der Waals surface area contributed by atoms with Gasteiger partial charge in [0.05, 0.1) is 11.0 Å². The molecular formula is C23H24N4O2. The van der Waals surface area contributed by atoms with E-state index in [9.17, 15) is 9.59 Å². The molecule has 6 heteroatoms. The number of H-pyrrole nitrogens is 1. The first-order chi connectivity index (χ1) is 14.0. The fraction of sp³-hybridized carbons (Fsp3) is 0.261. The number of nitrogens with one attached hydrogen (secondary N) is 2. The lowest BCUT2D eigenvalue weighted by atomic mass is 10.1. The molecular weight excluding hydrogens is 364 g/mol. The Morgan fingerprint density at radius 1 is 1.17 bits per heavy atom. The molecule has 0 aliphatic carbocycles. The molecule has 4 rings (SSSR count). The summed E-state index contributed by atoms with van der Waals surface area (Å²) >= 11 is 0. The number of aromatic nitrogens is 3. The van der Waals surface area contributed by atoms with Crippen molar-refractivity contribution in [2.75, 3.05) is 6.54 Å². The first-order valence-electron chi connectivity index (χ1n) is 9.84. The number of benzene rings is 2. The molecule has 0 unspecified atom stereocenters. The molecule has 0 saturated heterocycles. The largest absolute Gasteiger partial charge is 0.361 e. The number of hydrogen-bond acceptors (Lipinski definition) is 3. The van der Waals surface area contributed by atoms with Crippen LogP contribution in [0.3, 0.4) is 0 Å². The van der Waals surface area contributed by atoms with Gasteiger partial charge in [-0.3, -0.25) is 9.59 Å². The average molecular weight is 388 g/mol. The minimum Gasteiger partial charge on any atom is -0.361 e. The SMILES string of the molecule is CCn1c(=O)c(C)nc2cc(C(=O)NCCc3c[nH]c4ccc(C)cc34)ccc21. The van der Waals surface area contributed by atoms with Crippen molar-refractivity contribution >= 4 is 27.8 Å². The van der Waals surface area contributed by atoms with Crippen LogP contribution in [0.25, 0.3) is 21.9 Å². The van der Waals surface area contributed by atoms with Crippen LogP contribution < -0.4 is 10.9 Å². The molecule has 2 aromatic heterocycles. The summed E-state index contributed by atoms with van der Waals surface area (Å²) in [7, 11) is 0. The molecule has 2 heterocycles. The van der Waals surface area contributed by atoms with E-state index in [1.807, 2.05) is 13.1 Å². The summed E-state index contributed by atoms with van der Waals surface area (Å²) in [6.45, 7) is 6.80.